The molecule has 0 fully saturated rings. The second-order valence-electron chi connectivity index (χ2n) is 11.6. The number of nitrogens with zero attached hydrogens (tertiary/aromatic N) is 2. The number of fused-ring (bicyclic) bond motifs is 6. The standard InChI is InChI=1S/C43H28N2S/c1-2-10-29(11-3-1)30-18-23-34(24-19-30)45(43-44-41-27-22-31-12-4-7-15-37(31)42(41)46-43)35-25-20-32(21-26-35)40-28-33-13-5-6-14-36(33)38-16-8-9-17-39(38)40/h1-28H. The molecule has 9 rings (SSSR count). The first-order chi connectivity index (χ1) is 22.8. The van der Waals surface area contributed by atoms with Crippen molar-refractivity contribution in [3.63, 3.8) is 0 Å². The molecule has 216 valence electrons. The first kappa shape index (κ1) is 26.6. The average molecular weight is 605 g/mol. The van der Waals surface area contributed by atoms with Gasteiger partial charge >= 0.3 is 0 Å². The monoisotopic (exact) mass is 604 g/mol. The van der Waals surface area contributed by atoms with Crippen LogP contribution in [-0.2, 0) is 0 Å². The maximum absolute atomic E-state index is 5.20. The van der Waals surface area contributed by atoms with Crippen molar-refractivity contribution in [1.29, 1.82) is 0 Å². The van der Waals surface area contributed by atoms with Gasteiger partial charge in [0.25, 0.3) is 0 Å². The van der Waals surface area contributed by atoms with Crippen LogP contribution < -0.4 is 4.90 Å². The summed E-state index contributed by atoms with van der Waals surface area (Å²) in [4.78, 5) is 7.48. The lowest BCUT2D eigenvalue weighted by atomic mass is 9.93. The van der Waals surface area contributed by atoms with E-state index in [1.807, 2.05) is 0 Å². The van der Waals surface area contributed by atoms with Crippen LogP contribution >= 0.6 is 11.3 Å². The van der Waals surface area contributed by atoms with E-state index in [4.69, 9.17) is 4.98 Å². The molecule has 0 saturated heterocycles. The molecule has 9 aromatic rings. The summed E-state index contributed by atoms with van der Waals surface area (Å²) in [6.07, 6.45) is 0. The summed E-state index contributed by atoms with van der Waals surface area (Å²) in [5.74, 6) is 0. The van der Waals surface area contributed by atoms with E-state index in [2.05, 4.69) is 175 Å². The Balaban J connectivity index is 1.19. The van der Waals surface area contributed by atoms with Gasteiger partial charge in [-0.05, 0) is 85.6 Å². The second kappa shape index (κ2) is 11.0. The summed E-state index contributed by atoms with van der Waals surface area (Å²) in [5, 5.41) is 8.50. The molecular formula is C43H28N2S. The molecule has 0 radical (unpaired) electrons. The summed E-state index contributed by atoms with van der Waals surface area (Å²) >= 11 is 1.74. The van der Waals surface area contributed by atoms with E-state index in [0.29, 0.717) is 0 Å². The van der Waals surface area contributed by atoms with Crippen LogP contribution in [0.2, 0.25) is 0 Å². The van der Waals surface area contributed by atoms with Gasteiger partial charge in [0.2, 0.25) is 0 Å². The lowest BCUT2D eigenvalue weighted by Crippen LogP contribution is -2.09. The fourth-order valence-corrected chi connectivity index (χ4v) is 7.77. The van der Waals surface area contributed by atoms with Crippen LogP contribution in [0.5, 0.6) is 0 Å². The Hall–Kier alpha value is -5.77. The highest BCUT2D eigenvalue weighted by Crippen LogP contribution is 2.43. The van der Waals surface area contributed by atoms with Gasteiger partial charge in [0, 0.05) is 16.8 Å². The van der Waals surface area contributed by atoms with E-state index >= 15 is 0 Å². The van der Waals surface area contributed by atoms with Crippen molar-refractivity contribution in [3.05, 3.63) is 170 Å². The quantitative estimate of drug-likeness (QED) is 0.182. The Morgan fingerprint density at radius 1 is 0.413 bits per heavy atom. The molecule has 1 heterocycles. The maximum Gasteiger partial charge on any atom is 0.195 e. The topological polar surface area (TPSA) is 16.1 Å². The number of hydrogen-bond acceptors (Lipinski definition) is 3. The molecular weight excluding hydrogens is 577 g/mol. The van der Waals surface area contributed by atoms with Gasteiger partial charge in [-0.1, -0.05) is 145 Å². The van der Waals surface area contributed by atoms with Crippen LogP contribution in [0.15, 0.2) is 170 Å². The predicted octanol–water partition coefficient (Wildman–Crippen LogP) is 12.6. The highest BCUT2D eigenvalue weighted by atomic mass is 32.1. The van der Waals surface area contributed by atoms with Crippen LogP contribution in [0.3, 0.4) is 0 Å². The molecule has 0 saturated carbocycles. The number of rotatable bonds is 5. The normalized spacial score (nSPS) is 11.5. The first-order valence-electron chi connectivity index (χ1n) is 15.5. The lowest BCUT2D eigenvalue weighted by molar-refractivity contribution is 1.25. The molecule has 0 atom stereocenters. The third kappa shape index (κ3) is 4.52. The molecule has 8 aromatic carbocycles. The molecule has 0 spiro atoms. The van der Waals surface area contributed by atoms with E-state index in [1.54, 1.807) is 11.3 Å². The third-order valence-electron chi connectivity index (χ3n) is 8.90. The first-order valence-corrected chi connectivity index (χ1v) is 16.4. The Morgan fingerprint density at radius 3 is 1.72 bits per heavy atom. The zero-order valence-corrected chi connectivity index (χ0v) is 25.8. The van der Waals surface area contributed by atoms with Gasteiger partial charge in [0.05, 0.1) is 10.2 Å². The molecule has 0 aliphatic carbocycles. The number of hydrogen-bond donors (Lipinski definition) is 0. The fourth-order valence-electron chi connectivity index (χ4n) is 6.63. The minimum absolute atomic E-state index is 0.947. The van der Waals surface area contributed by atoms with Crippen LogP contribution in [0.4, 0.5) is 16.5 Å². The van der Waals surface area contributed by atoms with Crippen LogP contribution in [0.1, 0.15) is 0 Å². The highest BCUT2D eigenvalue weighted by molar-refractivity contribution is 7.23. The van der Waals surface area contributed by atoms with Gasteiger partial charge in [-0.25, -0.2) is 4.98 Å². The predicted molar refractivity (Wildman–Crippen MR) is 198 cm³/mol. The lowest BCUT2D eigenvalue weighted by Gasteiger charge is -2.23. The SMILES string of the molecule is c1ccc(-c2ccc(N(c3ccc(-c4cc5ccccc5c5ccccc45)cc3)c3nc4ccc5ccccc5c4s3)cc2)cc1. The number of aromatic nitrogens is 1. The van der Waals surface area contributed by atoms with Crippen molar-refractivity contribution in [2.24, 2.45) is 0 Å². The average Bonchev–Trinajstić information content (AvgIpc) is 3.57. The number of benzene rings is 8. The van der Waals surface area contributed by atoms with Crippen molar-refractivity contribution in [2.45, 2.75) is 0 Å². The van der Waals surface area contributed by atoms with Crippen LogP contribution in [-0.4, -0.2) is 4.98 Å². The molecule has 0 aliphatic rings. The Bertz CT molecular complexity index is 2510. The van der Waals surface area contributed by atoms with Gasteiger partial charge in [-0.15, -0.1) is 0 Å². The van der Waals surface area contributed by atoms with E-state index in [-0.39, 0.29) is 0 Å². The molecule has 0 amide bonds. The van der Waals surface area contributed by atoms with E-state index < -0.39 is 0 Å². The highest BCUT2D eigenvalue weighted by Gasteiger charge is 2.19. The third-order valence-corrected chi connectivity index (χ3v) is 9.99. The zero-order valence-electron chi connectivity index (χ0n) is 25.0. The van der Waals surface area contributed by atoms with Gasteiger partial charge in [0.1, 0.15) is 0 Å². The van der Waals surface area contributed by atoms with E-state index in [0.717, 1.165) is 22.0 Å². The summed E-state index contributed by atoms with van der Waals surface area (Å²) in [6, 6.07) is 60.9. The van der Waals surface area contributed by atoms with Crippen molar-refractivity contribution in [2.75, 3.05) is 4.90 Å². The summed E-state index contributed by atoms with van der Waals surface area (Å²) in [7, 11) is 0. The molecule has 0 aliphatic heterocycles. The second-order valence-corrected chi connectivity index (χ2v) is 12.6. The Labute approximate surface area is 271 Å². The Kier molecular flexibility index (Phi) is 6.36. The van der Waals surface area contributed by atoms with Crippen molar-refractivity contribution < 1.29 is 0 Å². The summed E-state index contributed by atoms with van der Waals surface area (Å²) in [5.41, 5.74) is 8.00. The van der Waals surface area contributed by atoms with Crippen LogP contribution in [0, 0.1) is 0 Å². The molecule has 1 aromatic heterocycles. The summed E-state index contributed by atoms with van der Waals surface area (Å²) in [6.45, 7) is 0. The minimum Gasteiger partial charge on any atom is -0.286 e. The van der Waals surface area contributed by atoms with E-state index in [9.17, 15) is 0 Å². The molecule has 0 bridgehead atoms. The van der Waals surface area contributed by atoms with Gasteiger partial charge in [-0.3, -0.25) is 4.90 Å². The van der Waals surface area contributed by atoms with Crippen molar-refractivity contribution >= 4 is 70.4 Å². The molecule has 3 heteroatoms. The number of thiazole rings is 1. The fraction of sp³-hybridized carbons (Fsp3) is 0. The van der Waals surface area contributed by atoms with Gasteiger partial charge < -0.3 is 0 Å². The van der Waals surface area contributed by atoms with E-state index in [1.165, 1.54) is 59.3 Å². The van der Waals surface area contributed by atoms with Gasteiger partial charge in [-0.2, -0.15) is 0 Å². The Morgan fingerprint density at radius 2 is 0.978 bits per heavy atom. The maximum atomic E-state index is 5.20. The minimum atomic E-state index is 0.947. The number of anilines is 3. The largest absolute Gasteiger partial charge is 0.286 e. The van der Waals surface area contributed by atoms with Gasteiger partial charge in [0.15, 0.2) is 5.13 Å². The van der Waals surface area contributed by atoms with Crippen molar-refractivity contribution in [3.8, 4) is 22.3 Å². The molecule has 0 N–H and O–H groups in total. The summed E-state index contributed by atoms with van der Waals surface area (Å²) < 4.78 is 1.21. The van der Waals surface area contributed by atoms with Crippen molar-refractivity contribution in [1.82, 2.24) is 4.98 Å². The van der Waals surface area contributed by atoms with Crippen LogP contribution in [0.25, 0.3) is 64.8 Å². The molecule has 46 heavy (non-hydrogen) atoms. The smallest absolute Gasteiger partial charge is 0.195 e. The zero-order chi connectivity index (χ0) is 30.5. The molecule has 2 nitrogen and oxygen atoms in total. The molecule has 0 unspecified atom stereocenters.